The van der Waals surface area contributed by atoms with E-state index >= 15 is 0 Å². The van der Waals surface area contributed by atoms with Crippen molar-refractivity contribution in [2.45, 2.75) is 41.5 Å². The number of methoxy groups -OCH3 is 2. The standard InChI is InChI=1S/C27H31N3O2/c1-16-12-18(3)24(19(4)13-16)29-26(31-7)22-10-9-11-23(28-22)27(32-8)30-25-20(5)14-17(2)15-21(25)6/h9-15H,1-8H3. The molecule has 0 amide bonds. The van der Waals surface area contributed by atoms with Gasteiger partial charge in [-0.15, -0.1) is 0 Å². The molecule has 0 bridgehead atoms. The van der Waals surface area contributed by atoms with Gasteiger partial charge in [0.1, 0.15) is 11.4 Å². The number of aromatic nitrogens is 1. The van der Waals surface area contributed by atoms with Crippen LogP contribution in [0.5, 0.6) is 0 Å². The number of rotatable bonds is 4. The molecule has 0 N–H and O–H groups in total. The van der Waals surface area contributed by atoms with Crippen LogP contribution in [0.15, 0.2) is 52.4 Å². The Hall–Kier alpha value is -3.47. The van der Waals surface area contributed by atoms with Crippen LogP contribution in [0.3, 0.4) is 0 Å². The van der Waals surface area contributed by atoms with E-state index in [2.05, 4.69) is 65.8 Å². The molecule has 3 aromatic rings. The summed E-state index contributed by atoms with van der Waals surface area (Å²) in [6, 6.07) is 14.1. The third-order valence-corrected chi connectivity index (χ3v) is 5.27. The van der Waals surface area contributed by atoms with E-state index < -0.39 is 0 Å². The Balaban J connectivity index is 2.07. The van der Waals surface area contributed by atoms with E-state index in [-0.39, 0.29) is 0 Å². The van der Waals surface area contributed by atoms with Crippen LogP contribution in [0.2, 0.25) is 0 Å². The van der Waals surface area contributed by atoms with Crippen LogP contribution in [0.1, 0.15) is 44.8 Å². The fraction of sp³-hybridized carbons (Fsp3) is 0.296. The van der Waals surface area contributed by atoms with Crippen molar-refractivity contribution in [2.24, 2.45) is 9.98 Å². The van der Waals surface area contributed by atoms with Gasteiger partial charge in [0, 0.05) is 0 Å². The van der Waals surface area contributed by atoms with Gasteiger partial charge in [-0.3, -0.25) is 0 Å². The Morgan fingerprint density at radius 3 is 1.28 bits per heavy atom. The molecule has 0 fully saturated rings. The van der Waals surface area contributed by atoms with Crippen LogP contribution in [0.4, 0.5) is 11.4 Å². The first-order chi connectivity index (χ1) is 15.2. The van der Waals surface area contributed by atoms with Crippen molar-refractivity contribution in [1.29, 1.82) is 0 Å². The van der Waals surface area contributed by atoms with Gasteiger partial charge in [-0.05, 0) is 75.9 Å². The number of benzene rings is 2. The number of pyridine rings is 1. The molecule has 0 radical (unpaired) electrons. The highest BCUT2D eigenvalue weighted by Crippen LogP contribution is 2.27. The molecule has 32 heavy (non-hydrogen) atoms. The SMILES string of the molecule is COC(=Nc1c(C)cc(C)cc1C)c1cccc(C(=Nc2c(C)cc(C)cc2C)OC)n1. The molecule has 2 aromatic carbocycles. The zero-order valence-corrected chi connectivity index (χ0v) is 20.2. The number of hydrogen-bond acceptors (Lipinski definition) is 5. The molecule has 0 aliphatic rings. The first kappa shape index (κ1) is 23.2. The van der Waals surface area contributed by atoms with Gasteiger partial charge in [-0.25, -0.2) is 15.0 Å². The molecule has 3 rings (SSSR count). The van der Waals surface area contributed by atoms with E-state index in [9.17, 15) is 0 Å². The van der Waals surface area contributed by atoms with Gasteiger partial charge in [0.2, 0.25) is 11.8 Å². The lowest BCUT2D eigenvalue weighted by atomic mass is 10.1. The highest BCUT2D eigenvalue weighted by Gasteiger charge is 2.14. The number of ether oxygens (including phenoxy) is 2. The third kappa shape index (κ3) is 5.05. The van der Waals surface area contributed by atoms with Crippen molar-refractivity contribution in [3.63, 3.8) is 0 Å². The minimum Gasteiger partial charge on any atom is -0.479 e. The quantitative estimate of drug-likeness (QED) is 0.357. The van der Waals surface area contributed by atoms with E-state index in [4.69, 9.17) is 24.4 Å². The molecule has 0 aliphatic heterocycles. The summed E-state index contributed by atoms with van der Waals surface area (Å²) in [5.74, 6) is 0.889. The smallest absolute Gasteiger partial charge is 0.240 e. The molecule has 5 nitrogen and oxygen atoms in total. The minimum absolute atomic E-state index is 0.444. The maximum Gasteiger partial charge on any atom is 0.240 e. The van der Waals surface area contributed by atoms with E-state index in [1.165, 1.54) is 11.1 Å². The van der Waals surface area contributed by atoms with Crippen molar-refractivity contribution < 1.29 is 9.47 Å². The fourth-order valence-electron chi connectivity index (χ4n) is 3.99. The number of hydrogen-bond donors (Lipinski definition) is 0. The lowest BCUT2D eigenvalue weighted by Crippen LogP contribution is -2.12. The first-order valence-corrected chi connectivity index (χ1v) is 10.6. The molecular formula is C27H31N3O2. The average molecular weight is 430 g/mol. The molecular weight excluding hydrogens is 398 g/mol. The van der Waals surface area contributed by atoms with E-state index in [1.807, 2.05) is 18.2 Å². The highest BCUT2D eigenvalue weighted by molar-refractivity contribution is 5.98. The van der Waals surface area contributed by atoms with Gasteiger partial charge in [0.25, 0.3) is 0 Å². The van der Waals surface area contributed by atoms with E-state index in [0.29, 0.717) is 23.2 Å². The average Bonchev–Trinajstić information content (AvgIpc) is 2.73. The Kier molecular flexibility index (Phi) is 7.08. The number of aliphatic imine (C=N–C) groups is 2. The third-order valence-electron chi connectivity index (χ3n) is 5.27. The minimum atomic E-state index is 0.444. The molecule has 5 heteroatoms. The summed E-state index contributed by atoms with van der Waals surface area (Å²) in [4.78, 5) is 14.3. The molecule has 0 saturated carbocycles. The Morgan fingerprint density at radius 1 is 0.625 bits per heavy atom. The summed E-state index contributed by atoms with van der Waals surface area (Å²) in [6.07, 6.45) is 0. The summed E-state index contributed by atoms with van der Waals surface area (Å²) in [5, 5.41) is 0. The van der Waals surface area contributed by atoms with Crippen LogP contribution in [0.25, 0.3) is 0 Å². The summed E-state index contributed by atoms with van der Waals surface area (Å²) in [5.41, 5.74) is 9.82. The zero-order chi connectivity index (χ0) is 23.4. The Labute approximate surface area is 190 Å². The van der Waals surface area contributed by atoms with Crippen molar-refractivity contribution in [3.05, 3.63) is 87.2 Å². The summed E-state index contributed by atoms with van der Waals surface area (Å²) in [6.45, 7) is 12.4. The molecule has 166 valence electrons. The lowest BCUT2D eigenvalue weighted by molar-refractivity contribution is 0.400. The maximum absolute atomic E-state index is 5.63. The van der Waals surface area contributed by atoms with Crippen LogP contribution >= 0.6 is 0 Å². The van der Waals surface area contributed by atoms with E-state index in [0.717, 1.165) is 33.6 Å². The van der Waals surface area contributed by atoms with Crippen molar-refractivity contribution in [3.8, 4) is 0 Å². The van der Waals surface area contributed by atoms with Crippen molar-refractivity contribution in [2.75, 3.05) is 14.2 Å². The second-order valence-corrected chi connectivity index (χ2v) is 8.14. The van der Waals surface area contributed by atoms with Gasteiger partial charge in [0.15, 0.2) is 0 Å². The lowest BCUT2D eigenvalue weighted by Gasteiger charge is -2.12. The second-order valence-electron chi connectivity index (χ2n) is 8.14. The summed E-state index contributed by atoms with van der Waals surface area (Å²) in [7, 11) is 3.22. The molecule has 0 aliphatic carbocycles. The maximum atomic E-state index is 5.63. The van der Waals surface area contributed by atoms with Crippen LogP contribution in [-0.4, -0.2) is 31.0 Å². The van der Waals surface area contributed by atoms with Gasteiger partial charge in [0.05, 0.1) is 25.6 Å². The van der Waals surface area contributed by atoms with Gasteiger partial charge >= 0.3 is 0 Å². The molecule has 0 saturated heterocycles. The Bertz CT molecular complexity index is 1070. The fourth-order valence-corrected chi connectivity index (χ4v) is 3.99. The number of aryl methyl sites for hydroxylation is 6. The largest absolute Gasteiger partial charge is 0.479 e. The van der Waals surface area contributed by atoms with Gasteiger partial charge in [-0.2, -0.15) is 0 Å². The molecule has 0 spiro atoms. The monoisotopic (exact) mass is 429 g/mol. The highest BCUT2D eigenvalue weighted by atomic mass is 16.5. The molecule has 1 aromatic heterocycles. The predicted octanol–water partition coefficient (Wildman–Crippen LogP) is 6.38. The summed E-state index contributed by atoms with van der Waals surface area (Å²) >= 11 is 0. The molecule has 1 heterocycles. The van der Waals surface area contributed by atoms with Crippen molar-refractivity contribution in [1.82, 2.24) is 4.98 Å². The second kappa shape index (κ2) is 9.77. The normalized spacial score (nSPS) is 12.1. The van der Waals surface area contributed by atoms with Crippen LogP contribution < -0.4 is 0 Å². The van der Waals surface area contributed by atoms with Crippen molar-refractivity contribution >= 4 is 23.2 Å². The predicted molar refractivity (Wildman–Crippen MR) is 132 cm³/mol. The topological polar surface area (TPSA) is 56.1 Å². The van der Waals surface area contributed by atoms with Gasteiger partial charge in [-0.1, -0.05) is 41.5 Å². The molecule has 0 atom stereocenters. The number of nitrogens with zero attached hydrogens (tertiary/aromatic N) is 3. The van der Waals surface area contributed by atoms with E-state index in [1.54, 1.807) is 14.2 Å². The summed E-state index contributed by atoms with van der Waals surface area (Å²) < 4.78 is 11.3. The zero-order valence-electron chi connectivity index (χ0n) is 20.2. The van der Waals surface area contributed by atoms with Crippen LogP contribution in [0, 0.1) is 41.5 Å². The van der Waals surface area contributed by atoms with Gasteiger partial charge < -0.3 is 9.47 Å². The molecule has 0 unspecified atom stereocenters. The Morgan fingerprint density at radius 2 is 0.969 bits per heavy atom. The first-order valence-electron chi connectivity index (χ1n) is 10.6. The van der Waals surface area contributed by atoms with Crippen LogP contribution in [-0.2, 0) is 9.47 Å².